The summed E-state index contributed by atoms with van der Waals surface area (Å²) in [6.45, 7) is 0.295. The standard InChI is InChI=1S/C20H17F2N3O/c21-15-5-3-6-16(12-15)25-17-9-11-23-19(13-17)20(26)24-10-8-14-4-1-2-7-18(14)22/h1-7,9,11-13H,8,10H2,(H,23,25)(H,24,26). The van der Waals surface area contributed by atoms with E-state index in [9.17, 15) is 13.6 Å². The van der Waals surface area contributed by atoms with Crippen molar-refractivity contribution in [2.24, 2.45) is 0 Å². The molecule has 1 aromatic heterocycles. The molecule has 0 aliphatic carbocycles. The van der Waals surface area contributed by atoms with Crippen molar-refractivity contribution in [3.05, 3.63) is 89.8 Å². The molecular formula is C20H17F2N3O. The van der Waals surface area contributed by atoms with Crippen LogP contribution in [0.25, 0.3) is 0 Å². The average Bonchev–Trinajstić information content (AvgIpc) is 2.63. The first-order valence-corrected chi connectivity index (χ1v) is 8.12. The van der Waals surface area contributed by atoms with Crippen molar-refractivity contribution in [1.82, 2.24) is 10.3 Å². The normalized spacial score (nSPS) is 10.4. The zero-order valence-electron chi connectivity index (χ0n) is 13.9. The molecular weight excluding hydrogens is 336 g/mol. The van der Waals surface area contributed by atoms with Gasteiger partial charge in [0.05, 0.1) is 0 Å². The molecule has 0 unspecified atom stereocenters. The van der Waals surface area contributed by atoms with Crippen LogP contribution in [0, 0.1) is 11.6 Å². The molecule has 2 N–H and O–H groups in total. The summed E-state index contributed by atoms with van der Waals surface area (Å²) in [6, 6.07) is 15.7. The first-order chi connectivity index (χ1) is 12.6. The maximum Gasteiger partial charge on any atom is 0.269 e. The first kappa shape index (κ1) is 17.5. The zero-order chi connectivity index (χ0) is 18.4. The Morgan fingerprint density at radius 2 is 1.77 bits per heavy atom. The van der Waals surface area contributed by atoms with Gasteiger partial charge in [-0.2, -0.15) is 0 Å². The number of hydrogen-bond acceptors (Lipinski definition) is 3. The predicted octanol–water partition coefficient (Wildman–Crippen LogP) is 4.08. The molecule has 0 aliphatic rings. The Balaban J connectivity index is 1.60. The molecule has 2 aromatic carbocycles. The smallest absolute Gasteiger partial charge is 0.269 e. The number of aromatic nitrogens is 1. The second kappa shape index (κ2) is 8.20. The number of benzene rings is 2. The van der Waals surface area contributed by atoms with Crippen molar-refractivity contribution in [2.45, 2.75) is 6.42 Å². The molecule has 0 aliphatic heterocycles. The Bertz CT molecular complexity index is 915. The van der Waals surface area contributed by atoms with Gasteiger partial charge in [-0.15, -0.1) is 0 Å². The fourth-order valence-electron chi connectivity index (χ4n) is 2.47. The summed E-state index contributed by atoms with van der Waals surface area (Å²) < 4.78 is 26.8. The Morgan fingerprint density at radius 1 is 0.962 bits per heavy atom. The van der Waals surface area contributed by atoms with Crippen LogP contribution in [0.4, 0.5) is 20.2 Å². The summed E-state index contributed by atoms with van der Waals surface area (Å²) in [5, 5.41) is 5.74. The van der Waals surface area contributed by atoms with Gasteiger partial charge >= 0.3 is 0 Å². The SMILES string of the molecule is O=C(NCCc1ccccc1F)c1cc(Nc2cccc(F)c2)ccn1. The molecule has 0 atom stereocenters. The average molecular weight is 353 g/mol. The van der Waals surface area contributed by atoms with Gasteiger partial charge < -0.3 is 10.6 Å². The number of pyridine rings is 1. The van der Waals surface area contributed by atoms with Crippen LogP contribution < -0.4 is 10.6 Å². The lowest BCUT2D eigenvalue weighted by atomic mass is 10.1. The number of nitrogens with zero attached hydrogens (tertiary/aromatic N) is 1. The van der Waals surface area contributed by atoms with Crippen LogP contribution in [0.1, 0.15) is 16.1 Å². The molecule has 0 saturated heterocycles. The number of hydrogen-bond donors (Lipinski definition) is 2. The van der Waals surface area contributed by atoms with Gasteiger partial charge in [0.15, 0.2) is 0 Å². The van der Waals surface area contributed by atoms with Crippen LogP contribution in [-0.2, 0) is 6.42 Å². The third-order valence-electron chi connectivity index (χ3n) is 3.74. The number of nitrogens with one attached hydrogen (secondary N) is 2. The number of carbonyl (C=O) groups excluding carboxylic acids is 1. The van der Waals surface area contributed by atoms with Crippen molar-refractivity contribution in [1.29, 1.82) is 0 Å². The van der Waals surface area contributed by atoms with E-state index < -0.39 is 0 Å². The van der Waals surface area contributed by atoms with Crippen LogP contribution >= 0.6 is 0 Å². The minimum atomic E-state index is -0.357. The third kappa shape index (κ3) is 4.63. The molecule has 0 fully saturated rings. The summed E-state index contributed by atoms with van der Waals surface area (Å²) in [5.74, 6) is -0.999. The lowest BCUT2D eigenvalue weighted by Crippen LogP contribution is -2.26. The van der Waals surface area contributed by atoms with Crippen LogP contribution in [0.3, 0.4) is 0 Å². The fraction of sp³-hybridized carbons (Fsp3) is 0.100. The summed E-state index contributed by atoms with van der Waals surface area (Å²) in [7, 11) is 0. The molecule has 3 rings (SSSR count). The largest absolute Gasteiger partial charge is 0.355 e. The van der Waals surface area contributed by atoms with Gasteiger partial charge in [0.1, 0.15) is 17.3 Å². The molecule has 0 bridgehead atoms. The van der Waals surface area contributed by atoms with Crippen molar-refractivity contribution < 1.29 is 13.6 Å². The quantitative estimate of drug-likeness (QED) is 0.702. The first-order valence-electron chi connectivity index (χ1n) is 8.12. The molecule has 4 nitrogen and oxygen atoms in total. The highest BCUT2D eigenvalue weighted by atomic mass is 19.1. The van der Waals surface area contributed by atoms with E-state index in [-0.39, 0.29) is 23.2 Å². The van der Waals surface area contributed by atoms with Gasteiger partial charge in [-0.05, 0) is 48.4 Å². The highest BCUT2D eigenvalue weighted by molar-refractivity contribution is 5.93. The minimum absolute atomic E-state index is 0.222. The van der Waals surface area contributed by atoms with E-state index in [4.69, 9.17) is 0 Å². The van der Waals surface area contributed by atoms with E-state index in [1.54, 1.807) is 42.5 Å². The topological polar surface area (TPSA) is 54.0 Å². The van der Waals surface area contributed by atoms with Crippen LogP contribution in [-0.4, -0.2) is 17.4 Å². The number of halogens is 2. The molecule has 1 amide bonds. The molecule has 26 heavy (non-hydrogen) atoms. The van der Waals surface area contributed by atoms with Crippen molar-refractivity contribution >= 4 is 17.3 Å². The van der Waals surface area contributed by atoms with Crippen LogP contribution in [0.2, 0.25) is 0 Å². The molecule has 132 valence electrons. The highest BCUT2D eigenvalue weighted by Crippen LogP contribution is 2.17. The van der Waals surface area contributed by atoms with Gasteiger partial charge in [0, 0.05) is 24.1 Å². The van der Waals surface area contributed by atoms with Crippen molar-refractivity contribution in [3.8, 4) is 0 Å². The van der Waals surface area contributed by atoms with Crippen molar-refractivity contribution in [2.75, 3.05) is 11.9 Å². The van der Waals surface area contributed by atoms with E-state index in [0.29, 0.717) is 29.9 Å². The molecule has 0 spiro atoms. The lowest BCUT2D eigenvalue weighted by Gasteiger charge is -2.09. The van der Waals surface area contributed by atoms with E-state index >= 15 is 0 Å². The Hall–Kier alpha value is -3.28. The van der Waals surface area contributed by atoms with Gasteiger partial charge in [0.25, 0.3) is 5.91 Å². The van der Waals surface area contributed by atoms with Crippen LogP contribution in [0.5, 0.6) is 0 Å². The summed E-state index contributed by atoms with van der Waals surface area (Å²) >= 11 is 0. The predicted molar refractivity (Wildman–Crippen MR) is 96.4 cm³/mol. The Labute approximate surface area is 149 Å². The summed E-state index contributed by atoms with van der Waals surface area (Å²) in [4.78, 5) is 16.3. The van der Waals surface area contributed by atoms with Crippen molar-refractivity contribution in [3.63, 3.8) is 0 Å². The molecule has 3 aromatic rings. The maximum absolute atomic E-state index is 13.6. The monoisotopic (exact) mass is 353 g/mol. The van der Waals surface area contributed by atoms with E-state index in [0.717, 1.165) is 0 Å². The number of carbonyl (C=O) groups is 1. The molecule has 0 saturated carbocycles. The molecule has 1 heterocycles. The highest BCUT2D eigenvalue weighted by Gasteiger charge is 2.09. The van der Waals surface area contributed by atoms with Gasteiger partial charge in [-0.3, -0.25) is 9.78 Å². The van der Waals surface area contributed by atoms with E-state index in [1.807, 2.05) is 0 Å². The van der Waals surface area contributed by atoms with E-state index in [2.05, 4.69) is 15.6 Å². The third-order valence-corrected chi connectivity index (χ3v) is 3.74. The second-order valence-corrected chi connectivity index (χ2v) is 5.66. The number of amides is 1. The second-order valence-electron chi connectivity index (χ2n) is 5.66. The van der Waals surface area contributed by atoms with Gasteiger partial charge in [0.2, 0.25) is 0 Å². The molecule has 6 heteroatoms. The zero-order valence-corrected chi connectivity index (χ0v) is 13.9. The molecule has 0 radical (unpaired) electrons. The summed E-state index contributed by atoms with van der Waals surface area (Å²) in [6.07, 6.45) is 1.88. The Morgan fingerprint density at radius 3 is 2.58 bits per heavy atom. The maximum atomic E-state index is 13.6. The summed E-state index contributed by atoms with van der Waals surface area (Å²) in [5.41, 5.74) is 1.95. The van der Waals surface area contributed by atoms with Crippen LogP contribution in [0.15, 0.2) is 66.9 Å². The lowest BCUT2D eigenvalue weighted by molar-refractivity contribution is 0.0949. The minimum Gasteiger partial charge on any atom is -0.355 e. The number of rotatable bonds is 6. The number of anilines is 2. The Kier molecular flexibility index (Phi) is 5.53. The van der Waals surface area contributed by atoms with Gasteiger partial charge in [-0.1, -0.05) is 24.3 Å². The van der Waals surface area contributed by atoms with Gasteiger partial charge in [-0.25, -0.2) is 8.78 Å². The fourth-order valence-corrected chi connectivity index (χ4v) is 2.47. The van der Waals surface area contributed by atoms with E-state index in [1.165, 1.54) is 24.4 Å².